The molecule has 3 aromatic carbocycles. The van der Waals surface area contributed by atoms with E-state index in [0.717, 1.165) is 11.1 Å². The Hall–Kier alpha value is -2.51. The maximum Gasteiger partial charge on any atom is 0.463 e. The average molecular weight is 308 g/mol. The Labute approximate surface area is 128 Å². The second kappa shape index (κ2) is 5.04. The first kappa shape index (κ1) is 13.2. The number of hydrogen-bond donors (Lipinski definition) is 0. The van der Waals surface area contributed by atoms with Gasteiger partial charge in [-0.25, -0.2) is 4.57 Å². The first-order valence-electron chi connectivity index (χ1n) is 6.99. The van der Waals surface area contributed by atoms with Crippen LogP contribution in [0.15, 0.2) is 78.9 Å². The van der Waals surface area contributed by atoms with Gasteiger partial charge in [-0.15, -0.1) is 0 Å². The molecule has 0 unspecified atom stereocenters. The van der Waals surface area contributed by atoms with E-state index in [-0.39, 0.29) is 0 Å². The second-order valence-electron chi connectivity index (χ2n) is 5.01. The van der Waals surface area contributed by atoms with E-state index in [9.17, 15) is 4.57 Å². The highest BCUT2D eigenvalue weighted by Crippen LogP contribution is 2.54. The first-order valence-corrected chi connectivity index (χ1v) is 8.54. The second-order valence-corrected chi connectivity index (χ2v) is 6.85. The van der Waals surface area contributed by atoms with Gasteiger partial charge in [0.1, 0.15) is 11.5 Å². The van der Waals surface area contributed by atoms with Crippen molar-refractivity contribution in [2.75, 3.05) is 0 Å². The van der Waals surface area contributed by atoms with Gasteiger partial charge < -0.3 is 9.05 Å². The van der Waals surface area contributed by atoms with Crippen LogP contribution in [0.2, 0.25) is 0 Å². The predicted octanol–water partition coefficient (Wildman–Crippen LogP) is 4.64. The molecule has 108 valence electrons. The zero-order valence-corrected chi connectivity index (χ0v) is 12.6. The number of hydrogen-bond acceptors (Lipinski definition) is 3. The van der Waals surface area contributed by atoms with E-state index in [2.05, 4.69) is 0 Å². The molecule has 0 saturated carbocycles. The van der Waals surface area contributed by atoms with Gasteiger partial charge in [0.05, 0.1) is 5.30 Å². The van der Waals surface area contributed by atoms with E-state index in [4.69, 9.17) is 9.05 Å². The molecule has 0 bridgehead atoms. The summed E-state index contributed by atoms with van der Waals surface area (Å²) in [5.41, 5.74) is 1.82. The van der Waals surface area contributed by atoms with Crippen LogP contribution in [0.5, 0.6) is 11.5 Å². The lowest BCUT2D eigenvalue weighted by Crippen LogP contribution is -2.20. The molecule has 0 saturated heterocycles. The molecular weight excluding hydrogens is 295 g/mol. The lowest BCUT2D eigenvalue weighted by Gasteiger charge is -2.27. The lowest BCUT2D eigenvalue weighted by atomic mass is 10.0. The van der Waals surface area contributed by atoms with E-state index in [1.807, 2.05) is 60.7 Å². The zero-order chi connectivity index (χ0) is 15.0. The minimum Gasteiger partial charge on any atom is -0.413 e. The van der Waals surface area contributed by atoms with E-state index in [0.29, 0.717) is 16.8 Å². The van der Waals surface area contributed by atoms with Crippen LogP contribution < -0.4 is 14.4 Å². The van der Waals surface area contributed by atoms with Crippen LogP contribution in [0.25, 0.3) is 11.1 Å². The normalized spacial score (nSPS) is 18.7. The van der Waals surface area contributed by atoms with Crippen molar-refractivity contribution in [3.8, 4) is 22.6 Å². The van der Waals surface area contributed by atoms with Crippen LogP contribution in [0.4, 0.5) is 0 Å². The Kier molecular flexibility index (Phi) is 3.02. The molecule has 0 aromatic heterocycles. The average Bonchev–Trinajstić information content (AvgIpc) is 2.56. The fourth-order valence-electron chi connectivity index (χ4n) is 2.58. The Morgan fingerprint density at radius 1 is 0.727 bits per heavy atom. The standard InChI is InChI=1S/C18H13O3P/c19-22(20-14-8-2-1-3-9-14)18-13-7-5-11-16(18)15-10-4-6-12-17(15)21-22/h1-13H/t22-/m1/s1. The fourth-order valence-corrected chi connectivity index (χ4v) is 4.39. The van der Waals surface area contributed by atoms with Crippen molar-refractivity contribution >= 4 is 12.9 Å². The summed E-state index contributed by atoms with van der Waals surface area (Å²) in [6.45, 7) is 0. The van der Waals surface area contributed by atoms with Gasteiger partial charge in [-0.1, -0.05) is 54.6 Å². The molecule has 0 aliphatic carbocycles. The Bertz CT molecular complexity index is 868. The topological polar surface area (TPSA) is 35.5 Å². The molecule has 1 atom stereocenters. The molecule has 0 amide bonds. The smallest absolute Gasteiger partial charge is 0.413 e. The van der Waals surface area contributed by atoms with Gasteiger partial charge in [0, 0.05) is 11.1 Å². The summed E-state index contributed by atoms with van der Waals surface area (Å²) in [5, 5.41) is 0.595. The number of fused-ring (bicyclic) bond motifs is 3. The largest absolute Gasteiger partial charge is 0.463 e. The van der Waals surface area contributed by atoms with Gasteiger partial charge in [0.2, 0.25) is 0 Å². The molecule has 4 rings (SSSR count). The van der Waals surface area contributed by atoms with Crippen molar-refractivity contribution in [1.29, 1.82) is 0 Å². The van der Waals surface area contributed by atoms with Crippen molar-refractivity contribution in [2.24, 2.45) is 0 Å². The van der Waals surface area contributed by atoms with Crippen LogP contribution in [0, 0.1) is 0 Å². The van der Waals surface area contributed by atoms with Crippen molar-refractivity contribution in [3.05, 3.63) is 78.9 Å². The Morgan fingerprint density at radius 2 is 1.36 bits per heavy atom. The first-order chi connectivity index (χ1) is 10.8. The van der Waals surface area contributed by atoms with Crippen molar-refractivity contribution in [2.45, 2.75) is 0 Å². The van der Waals surface area contributed by atoms with Crippen LogP contribution in [-0.2, 0) is 4.57 Å². The van der Waals surface area contributed by atoms with Crippen molar-refractivity contribution < 1.29 is 13.6 Å². The highest BCUT2D eigenvalue weighted by Gasteiger charge is 2.38. The summed E-state index contributed by atoms with van der Waals surface area (Å²) in [4.78, 5) is 0. The summed E-state index contributed by atoms with van der Waals surface area (Å²) in [5.74, 6) is 1.11. The molecule has 1 heterocycles. The minimum atomic E-state index is -3.46. The van der Waals surface area contributed by atoms with E-state index < -0.39 is 7.60 Å². The zero-order valence-electron chi connectivity index (χ0n) is 11.7. The van der Waals surface area contributed by atoms with Gasteiger partial charge in [-0.2, -0.15) is 0 Å². The summed E-state index contributed by atoms with van der Waals surface area (Å²) < 4.78 is 24.9. The number of benzene rings is 3. The van der Waals surface area contributed by atoms with Crippen molar-refractivity contribution in [3.63, 3.8) is 0 Å². The lowest BCUT2D eigenvalue weighted by molar-refractivity contribution is 0.398. The molecule has 22 heavy (non-hydrogen) atoms. The summed E-state index contributed by atoms with van der Waals surface area (Å²) in [6.07, 6.45) is 0. The van der Waals surface area contributed by atoms with E-state index >= 15 is 0 Å². The van der Waals surface area contributed by atoms with E-state index in [1.165, 1.54) is 0 Å². The predicted molar refractivity (Wildman–Crippen MR) is 86.8 cm³/mol. The van der Waals surface area contributed by atoms with Crippen molar-refractivity contribution in [1.82, 2.24) is 0 Å². The Balaban J connectivity index is 1.87. The maximum atomic E-state index is 13.3. The molecule has 0 radical (unpaired) electrons. The molecule has 4 heteroatoms. The van der Waals surface area contributed by atoms with Gasteiger partial charge in [-0.3, -0.25) is 0 Å². The monoisotopic (exact) mass is 308 g/mol. The third kappa shape index (κ3) is 2.11. The molecular formula is C18H13O3P. The molecule has 1 aliphatic rings. The van der Waals surface area contributed by atoms with Gasteiger partial charge in [-0.05, 0) is 24.3 Å². The summed E-state index contributed by atoms with van der Waals surface area (Å²) in [6, 6.07) is 24.2. The SMILES string of the molecule is O=[P@]1(Oc2ccccc2)Oc2ccccc2-c2ccccc21. The number of rotatable bonds is 2. The van der Waals surface area contributed by atoms with Crippen LogP contribution in [0.3, 0.4) is 0 Å². The Morgan fingerprint density at radius 3 is 2.18 bits per heavy atom. The molecule has 0 N–H and O–H groups in total. The van der Waals surface area contributed by atoms with E-state index in [1.54, 1.807) is 18.2 Å². The molecule has 3 aromatic rings. The van der Waals surface area contributed by atoms with Crippen LogP contribution in [0.1, 0.15) is 0 Å². The molecule has 3 nitrogen and oxygen atoms in total. The van der Waals surface area contributed by atoms with Crippen LogP contribution in [-0.4, -0.2) is 0 Å². The quantitative estimate of drug-likeness (QED) is 0.647. The molecule has 0 fully saturated rings. The number of para-hydroxylation sites is 2. The van der Waals surface area contributed by atoms with Gasteiger partial charge in [0.15, 0.2) is 0 Å². The van der Waals surface area contributed by atoms with Crippen LogP contribution >= 0.6 is 7.60 Å². The van der Waals surface area contributed by atoms with Gasteiger partial charge in [0.25, 0.3) is 0 Å². The molecule has 0 spiro atoms. The minimum absolute atomic E-state index is 0.528. The third-order valence-electron chi connectivity index (χ3n) is 3.56. The molecule has 1 aliphatic heterocycles. The maximum absolute atomic E-state index is 13.3. The van der Waals surface area contributed by atoms with Gasteiger partial charge >= 0.3 is 7.60 Å². The summed E-state index contributed by atoms with van der Waals surface area (Å²) in [7, 11) is -3.46. The summed E-state index contributed by atoms with van der Waals surface area (Å²) >= 11 is 0. The third-order valence-corrected chi connectivity index (χ3v) is 5.43. The fraction of sp³-hybridized carbons (Fsp3) is 0. The highest BCUT2D eigenvalue weighted by molar-refractivity contribution is 7.63. The highest BCUT2D eigenvalue weighted by atomic mass is 31.2.